The van der Waals surface area contributed by atoms with Gasteiger partial charge in [-0.1, -0.05) is 13.0 Å². The van der Waals surface area contributed by atoms with Crippen molar-refractivity contribution in [2.24, 2.45) is 0 Å². The van der Waals surface area contributed by atoms with E-state index < -0.39 is 0 Å². The van der Waals surface area contributed by atoms with E-state index in [-0.39, 0.29) is 0 Å². The second kappa shape index (κ2) is 7.24. The maximum absolute atomic E-state index is 4.45. The predicted molar refractivity (Wildman–Crippen MR) is 86.7 cm³/mol. The Balaban J connectivity index is 1.98. The van der Waals surface area contributed by atoms with Gasteiger partial charge in [0.15, 0.2) is 0 Å². The molecule has 2 aromatic heterocycles. The number of nitrogens with zero attached hydrogens (tertiary/aromatic N) is 2. The van der Waals surface area contributed by atoms with Crippen LogP contribution < -0.4 is 10.6 Å². The molecule has 0 aromatic carbocycles. The van der Waals surface area contributed by atoms with Crippen molar-refractivity contribution in [3.05, 3.63) is 34.3 Å². The third-order valence-electron chi connectivity index (χ3n) is 2.88. The summed E-state index contributed by atoms with van der Waals surface area (Å²) < 4.78 is 0. The minimum atomic E-state index is 0.349. The Morgan fingerprint density at radius 3 is 2.80 bits per heavy atom. The molecular weight excluding hydrogens is 268 g/mol. The molecule has 0 spiro atoms. The molecule has 0 aliphatic carbocycles. The monoisotopic (exact) mass is 290 g/mol. The van der Waals surface area contributed by atoms with Crippen molar-refractivity contribution in [1.82, 2.24) is 9.97 Å². The summed E-state index contributed by atoms with van der Waals surface area (Å²) in [6.45, 7) is 7.17. The van der Waals surface area contributed by atoms with Crippen molar-refractivity contribution in [1.29, 1.82) is 0 Å². The molecule has 1 atom stereocenters. The molecule has 0 fully saturated rings. The molecule has 1 unspecified atom stereocenters. The van der Waals surface area contributed by atoms with Gasteiger partial charge in [-0.25, -0.2) is 9.97 Å². The Kier molecular flexibility index (Phi) is 5.35. The predicted octanol–water partition coefficient (Wildman–Crippen LogP) is 3.71. The van der Waals surface area contributed by atoms with Gasteiger partial charge in [-0.2, -0.15) is 0 Å². The molecule has 20 heavy (non-hydrogen) atoms. The van der Waals surface area contributed by atoms with E-state index in [9.17, 15) is 0 Å². The summed E-state index contributed by atoms with van der Waals surface area (Å²) in [5, 5.41) is 8.87. The van der Waals surface area contributed by atoms with E-state index in [0.717, 1.165) is 36.8 Å². The molecule has 4 nitrogen and oxygen atoms in total. The van der Waals surface area contributed by atoms with Gasteiger partial charge in [-0.15, -0.1) is 11.3 Å². The van der Waals surface area contributed by atoms with Gasteiger partial charge in [-0.05, 0) is 31.7 Å². The number of anilines is 2. The summed E-state index contributed by atoms with van der Waals surface area (Å²) in [6, 6.07) is 6.59. The van der Waals surface area contributed by atoms with Gasteiger partial charge in [0, 0.05) is 30.0 Å². The summed E-state index contributed by atoms with van der Waals surface area (Å²) in [4.78, 5) is 10.2. The van der Waals surface area contributed by atoms with Gasteiger partial charge in [0.1, 0.15) is 17.5 Å². The topological polar surface area (TPSA) is 49.8 Å². The lowest BCUT2D eigenvalue weighted by atomic mass is 10.2. The van der Waals surface area contributed by atoms with Gasteiger partial charge < -0.3 is 10.6 Å². The first-order valence-electron chi connectivity index (χ1n) is 7.06. The summed E-state index contributed by atoms with van der Waals surface area (Å²) in [6.07, 6.45) is 2.10. The van der Waals surface area contributed by atoms with Crippen LogP contribution in [0.3, 0.4) is 0 Å². The SMILES string of the molecule is CCCNc1cc(NC(C)Cc2cccs2)nc(C)n1. The van der Waals surface area contributed by atoms with Crippen LogP contribution in [-0.4, -0.2) is 22.6 Å². The molecule has 2 heterocycles. The van der Waals surface area contributed by atoms with Crippen molar-refractivity contribution < 1.29 is 0 Å². The Labute approximate surface area is 124 Å². The molecule has 0 amide bonds. The van der Waals surface area contributed by atoms with E-state index in [4.69, 9.17) is 0 Å². The normalized spacial score (nSPS) is 12.2. The Bertz CT molecular complexity index is 525. The maximum Gasteiger partial charge on any atom is 0.132 e. The fraction of sp³-hybridized carbons (Fsp3) is 0.467. The first-order valence-corrected chi connectivity index (χ1v) is 7.94. The zero-order valence-corrected chi connectivity index (χ0v) is 13.1. The van der Waals surface area contributed by atoms with Crippen LogP contribution in [0.25, 0.3) is 0 Å². The van der Waals surface area contributed by atoms with Gasteiger partial charge >= 0.3 is 0 Å². The summed E-state index contributed by atoms with van der Waals surface area (Å²) in [5.74, 6) is 2.57. The van der Waals surface area contributed by atoms with Gasteiger partial charge in [0.25, 0.3) is 0 Å². The smallest absolute Gasteiger partial charge is 0.132 e. The average Bonchev–Trinajstić information content (AvgIpc) is 2.88. The number of thiophene rings is 1. The Morgan fingerprint density at radius 1 is 1.30 bits per heavy atom. The molecule has 2 rings (SSSR count). The highest BCUT2D eigenvalue weighted by molar-refractivity contribution is 7.09. The number of nitrogens with one attached hydrogen (secondary N) is 2. The highest BCUT2D eigenvalue weighted by Crippen LogP contribution is 2.16. The lowest BCUT2D eigenvalue weighted by Gasteiger charge is -2.15. The van der Waals surface area contributed by atoms with Crippen LogP contribution in [0.4, 0.5) is 11.6 Å². The molecule has 0 bridgehead atoms. The van der Waals surface area contributed by atoms with Crippen molar-refractivity contribution in [3.63, 3.8) is 0 Å². The molecule has 108 valence electrons. The van der Waals surface area contributed by atoms with Crippen molar-refractivity contribution in [2.45, 2.75) is 39.7 Å². The minimum absolute atomic E-state index is 0.349. The van der Waals surface area contributed by atoms with Gasteiger partial charge in [-0.3, -0.25) is 0 Å². The van der Waals surface area contributed by atoms with Gasteiger partial charge in [0.05, 0.1) is 0 Å². The van der Waals surface area contributed by atoms with Crippen LogP contribution in [0.2, 0.25) is 0 Å². The molecule has 2 N–H and O–H groups in total. The average molecular weight is 290 g/mol. The molecule has 2 aromatic rings. The lowest BCUT2D eigenvalue weighted by Crippen LogP contribution is -2.19. The highest BCUT2D eigenvalue weighted by Gasteiger charge is 2.07. The molecular formula is C15H22N4S. The number of hydrogen-bond donors (Lipinski definition) is 2. The van der Waals surface area contributed by atoms with E-state index in [0.29, 0.717) is 6.04 Å². The quantitative estimate of drug-likeness (QED) is 0.816. The van der Waals surface area contributed by atoms with E-state index in [1.165, 1.54) is 4.88 Å². The van der Waals surface area contributed by atoms with E-state index >= 15 is 0 Å². The minimum Gasteiger partial charge on any atom is -0.370 e. The van der Waals surface area contributed by atoms with Crippen LogP contribution in [-0.2, 0) is 6.42 Å². The van der Waals surface area contributed by atoms with Gasteiger partial charge in [0.2, 0.25) is 0 Å². The first kappa shape index (κ1) is 14.8. The lowest BCUT2D eigenvalue weighted by molar-refractivity contribution is 0.791. The summed E-state index contributed by atoms with van der Waals surface area (Å²) >= 11 is 1.79. The highest BCUT2D eigenvalue weighted by atomic mass is 32.1. The van der Waals surface area contributed by atoms with E-state index in [1.807, 2.05) is 13.0 Å². The fourth-order valence-corrected chi connectivity index (χ4v) is 2.85. The second-order valence-electron chi connectivity index (χ2n) is 4.94. The number of aromatic nitrogens is 2. The zero-order chi connectivity index (χ0) is 14.4. The molecule has 0 radical (unpaired) electrons. The molecule has 0 saturated heterocycles. The Hall–Kier alpha value is -1.62. The fourth-order valence-electron chi connectivity index (χ4n) is 2.02. The molecule has 0 saturated carbocycles. The van der Waals surface area contributed by atoms with Crippen LogP contribution in [0.5, 0.6) is 0 Å². The summed E-state index contributed by atoms with van der Waals surface area (Å²) in [5.41, 5.74) is 0. The third-order valence-corrected chi connectivity index (χ3v) is 3.77. The maximum atomic E-state index is 4.45. The Morgan fingerprint density at radius 2 is 2.10 bits per heavy atom. The summed E-state index contributed by atoms with van der Waals surface area (Å²) in [7, 11) is 0. The van der Waals surface area contributed by atoms with Crippen LogP contribution in [0.15, 0.2) is 23.6 Å². The number of aryl methyl sites for hydroxylation is 1. The van der Waals surface area contributed by atoms with E-state index in [2.05, 4.69) is 52.0 Å². The molecule has 0 aliphatic heterocycles. The second-order valence-corrected chi connectivity index (χ2v) is 5.97. The number of rotatable bonds is 7. The molecule has 0 aliphatic rings. The van der Waals surface area contributed by atoms with Crippen molar-refractivity contribution >= 4 is 23.0 Å². The first-order chi connectivity index (χ1) is 9.67. The van der Waals surface area contributed by atoms with Crippen molar-refractivity contribution in [2.75, 3.05) is 17.2 Å². The molecule has 5 heteroatoms. The third kappa shape index (κ3) is 4.49. The van der Waals surface area contributed by atoms with Crippen LogP contribution in [0, 0.1) is 6.92 Å². The number of hydrogen-bond acceptors (Lipinski definition) is 5. The standard InChI is InChI=1S/C15H22N4S/c1-4-7-16-14-10-15(19-12(3)18-14)17-11(2)9-13-6-5-8-20-13/h5-6,8,10-11H,4,7,9H2,1-3H3,(H2,16,17,18,19). The largest absolute Gasteiger partial charge is 0.370 e. The van der Waals surface area contributed by atoms with Crippen molar-refractivity contribution in [3.8, 4) is 0 Å². The zero-order valence-electron chi connectivity index (χ0n) is 12.3. The van der Waals surface area contributed by atoms with E-state index in [1.54, 1.807) is 11.3 Å². The van der Waals surface area contributed by atoms with Crippen LogP contribution in [0.1, 0.15) is 31.0 Å². The van der Waals surface area contributed by atoms with Crippen LogP contribution >= 0.6 is 11.3 Å².